The topological polar surface area (TPSA) is 125 Å². The molecule has 0 radical (unpaired) electrons. The van der Waals surface area contributed by atoms with Gasteiger partial charge in [0, 0.05) is 37.9 Å². The SMILES string of the molecule is CN(O)C1CN(c2nc3c(cc2F)c(=O)c(C(=O)O)cn3-c2ncns2)C1. The van der Waals surface area contributed by atoms with Crippen molar-refractivity contribution in [3.05, 3.63) is 40.2 Å². The molecule has 4 rings (SSSR count). The van der Waals surface area contributed by atoms with Crippen LogP contribution in [0.4, 0.5) is 10.2 Å². The number of anilines is 1. The number of carbonyl (C=O) groups is 1. The Kier molecular flexibility index (Phi) is 4.09. The van der Waals surface area contributed by atoms with E-state index in [0.717, 1.165) is 28.9 Å². The third-order valence-electron chi connectivity index (χ3n) is 4.39. The van der Waals surface area contributed by atoms with Crippen molar-refractivity contribution in [2.45, 2.75) is 6.04 Å². The summed E-state index contributed by atoms with van der Waals surface area (Å²) in [6.07, 6.45) is 2.40. The summed E-state index contributed by atoms with van der Waals surface area (Å²) in [5.74, 6) is -2.16. The minimum atomic E-state index is -1.43. The van der Waals surface area contributed by atoms with Gasteiger partial charge in [0.05, 0.1) is 11.4 Å². The molecule has 1 aliphatic rings. The van der Waals surface area contributed by atoms with Gasteiger partial charge in [0.2, 0.25) is 10.6 Å². The normalized spacial score (nSPS) is 14.7. The molecule has 2 N–H and O–H groups in total. The Labute approximate surface area is 154 Å². The first-order valence-corrected chi connectivity index (χ1v) is 8.57. The molecule has 0 atom stereocenters. The quantitative estimate of drug-likeness (QED) is 0.614. The minimum Gasteiger partial charge on any atom is -0.477 e. The van der Waals surface area contributed by atoms with Crippen LogP contribution in [-0.4, -0.2) is 66.4 Å². The summed E-state index contributed by atoms with van der Waals surface area (Å²) in [6.45, 7) is 0.720. The van der Waals surface area contributed by atoms with Crippen LogP contribution >= 0.6 is 11.5 Å². The molecule has 0 unspecified atom stereocenters. The van der Waals surface area contributed by atoms with Crippen LogP contribution in [0.3, 0.4) is 0 Å². The van der Waals surface area contributed by atoms with Gasteiger partial charge in [-0.3, -0.25) is 9.36 Å². The molecule has 0 saturated carbocycles. The fraction of sp³-hybridized carbons (Fsp3) is 0.267. The van der Waals surface area contributed by atoms with E-state index in [9.17, 15) is 24.3 Å². The highest BCUT2D eigenvalue weighted by atomic mass is 32.1. The molecule has 27 heavy (non-hydrogen) atoms. The molecular weight excluding hydrogens is 379 g/mol. The van der Waals surface area contributed by atoms with Crippen LogP contribution in [0.15, 0.2) is 23.4 Å². The first kappa shape index (κ1) is 17.5. The van der Waals surface area contributed by atoms with Crippen molar-refractivity contribution in [3.8, 4) is 5.13 Å². The molecule has 10 nitrogen and oxygen atoms in total. The van der Waals surface area contributed by atoms with Gasteiger partial charge in [0.15, 0.2) is 17.3 Å². The number of carboxylic acid groups (broad SMARTS) is 1. The third-order valence-corrected chi connectivity index (χ3v) is 5.05. The lowest BCUT2D eigenvalue weighted by Crippen LogP contribution is -2.58. The van der Waals surface area contributed by atoms with Crippen LogP contribution < -0.4 is 10.3 Å². The fourth-order valence-corrected chi connectivity index (χ4v) is 3.38. The van der Waals surface area contributed by atoms with Crippen LogP contribution in [0.2, 0.25) is 0 Å². The Morgan fingerprint density at radius 3 is 2.78 bits per heavy atom. The van der Waals surface area contributed by atoms with Gasteiger partial charge in [0.1, 0.15) is 11.9 Å². The molecule has 0 aliphatic carbocycles. The molecule has 1 saturated heterocycles. The van der Waals surface area contributed by atoms with Crippen LogP contribution in [0, 0.1) is 5.82 Å². The zero-order chi connectivity index (χ0) is 19.3. The molecule has 4 heterocycles. The number of hydroxylamine groups is 2. The Morgan fingerprint density at radius 1 is 1.44 bits per heavy atom. The zero-order valence-corrected chi connectivity index (χ0v) is 14.7. The number of halogens is 1. The standard InChI is InChI=1S/C15H13FN6O4S/c1-20(26)7-3-21(4-7)13-10(16)2-8-11(23)9(14(24)25)5-22(12(8)19-13)15-17-6-18-27-15/h2,5-7,26H,3-4H2,1H3,(H,24,25). The lowest BCUT2D eigenvalue weighted by Gasteiger charge is -2.42. The minimum absolute atomic E-state index is 0.0151. The predicted octanol–water partition coefficient (Wildman–Crippen LogP) is 0.584. The highest BCUT2D eigenvalue weighted by molar-refractivity contribution is 7.08. The van der Waals surface area contributed by atoms with Gasteiger partial charge >= 0.3 is 5.97 Å². The summed E-state index contributed by atoms with van der Waals surface area (Å²) >= 11 is 0.979. The molecule has 0 bridgehead atoms. The maximum absolute atomic E-state index is 14.6. The molecule has 140 valence electrons. The van der Waals surface area contributed by atoms with Crippen LogP contribution in [0.5, 0.6) is 0 Å². The first-order chi connectivity index (χ1) is 12.9. The van der Waals surface area contributed by atoms with E-state index in [4.69, 9.17) is 0 Å². The Bertz CT molecular complexity index is 1090. The second kappa shape index (κ2) is 6.33. The van der Waals surface area contributed by atoms with Crippen LogP contribution in [0.25, 0.3) is 16.2 Å². The summed E-state index contributed by atoms with van der Waals surface area (Å²) in [6, 6.07) is 0.835. The number of aromatic nitrogens is 4. The average molecular weight is 392 g/mol. The lowest BCUT2D eigenvalue weighted by molar-refractivity contribution is -0.109. The van der Waals surface area contributed by atoms with Gasteiger partial charge in [-0.1, -0.05) is 0 Å². The number of carboxylic acids is 1. The predicted molar refractivity (Wildman–Crippen MR) is 93.3 cm³/mol. The number of rotatable bonds is 4. The second-order valence-corrected chi connectivity index (χ2v) is 6.83. The fourth-order valence-electron chi connectivity index (χ4n) is 2.87. The van der Waals surface area contributed by atoms with E-state index in [0.29, 0.717) is 18.2 Å². The smallest absolute Gasteiger partial charge is 0.341 e. The van der Waals surface area contributed by atoms with E-state index >= 15 is 0 Å². The average Bonchev–Trinajstić information content (AvgIpc) is 3.08. The summed E-state index contributed by atoms with van der Waals surface area (Å²) in [7, 11) is 1.51. The Balaban J connectivity index is 1.92. The summed E-state index contributed by atoms with van der Waals surface area (Å²) in [5, 5.41) is 19.9. The van der Waals surface area contributed by atoms with Gasteiger partial charge < -0.3 is 15.2 Å². The third kappa shape index (κ3) is 2.83. The molecule has 0 aromatic carbocycles. The number of hydrogen-bond acceptors (Lipinski definition) is 9. The molecule has 0 amide bonds. The van der Waals surface area contributed by atoms with Crippen LogP contribution in [-0.2, 0) is 0 Å². The highest BCUT2D eigenvalue weighted by Gasteiger charge is 2.33. The molecule has 3 aromatic heterocycles. The summed E-state index contributed by atoms with van der Waals surface area (Å²) in [4.78, 5) is 33.8. The second-order valence-electron chi connectivity index (χ2n) is 6.07. The van der Waals surface area contributed by atoms with E-state index in [1.54, 1.807) is 4.90 Å². The molecule has 1 fully saturated rings. The molecular formula is C15H13FN6O4S. The van der Waals surface area contributed by atoms with Gasteiger partial charge in [-0.05, 0) is 6.07 Å². The molecule has 1 aliphatic heterocycles. The first-order valence-electron chi connectivity index (χ1n) is 7.79. The molecule has 12 heteroatoms. The Morgan fingerprint density at radius 2 is 2.19 bits per heavy atom. The number of fused-ring (bicyclic) bond motifs is 1. The van der Waals surface area contributed by atoms with Crippen molar-refractivity contribution in [1.82, 2.24) is 24.0 Å². The largest absolute Gasteiger partial charge is 0.477 e. The van der Waals surface area contributed by atoms with Gasteiger partial charge in [-0.25, -0.2) is 19.2 Å². The number of pyridine rings is 2. The summed E-state index contributed by atoms with van der Waals surface area (Å²) in [5.41, 5.74) is -1.26. The van der Waals surface area contributed by atoms with Crippen LogP contribution in [0.1, 0.15) is 10.4 Å². The Hall–Kier alpha value is -2.96. The van der Waals surface area contributed by atoms with Gasteiger partial charge in [-0.2, -0.15) is 9.44 Å². The maximum Gasteiger partial charge on any atom is 0.341 e. The van der Waals surface area contributed by atoms with E-state index in [2.05, 4.69) is 14.3 Å². The van der Waals surface area contributed by atoms with E-state index < -0.39 is 22.8 Å². The number of likely N-dealkylation sites (N-methyl/N-ethyl adjacent to an activating group) is 1. The van der Waals surface area contributed by atoms with E-state index in [1.165, 1.54) is 17.9 Å². The maximum atomic E-state index is 14.6. The van der Waals surface area contributed by atoms with E-state index in [-0.39, 0.29) is 22.9 Å². The van der Waals surface area contributed by atoms with Gasteiger partial charge in [-0.15, -0.1) is 0 Å². The van der Waals surface area contributed by atoms with Crippen molar-refractivity contribution in [1.29, 1.82) is 0 Å². The van der Waals surface area contributed by atoms with Crippen molar-refractivity contribution < 1.29 is 19.5 Å². The van der Waals surface area contributed by atoms with Gasteiger partial charge in [0.25, 0.3) is 0 Å². The van der Waals surface area contributed by atoms with E-state index in [1.807, 2.05) is 0 Å². The number of hydrogen-bond donors (Lipinski definition) is 2. The van der Waals surface area contributed by atoms with Crippen molar-refractivity contribution in [2.24, 2.45) is 0 Å². The van der Waals surface area contributed by atoms with Crippen molar-refractivity contribution in [2.75, 3.05) is 25.0 Å². The highest BCUT2D eigenvalue weighted by Crippen LogP contribution is 2.27. The van der Waals surface area contributed by atoms with Crippen molar-refractivity contribution in [3.63, 3.8) is 0 Å². The summed E-state index contributed by atoms with van der Waals surface area (Å²) < 4.78 is 19.8. The number of aromatic carboxylic acids is 1. The monoisotopic (exact) mass is 392 g/mol. The molecule has 0 spiro atoms. The number of nitrogens with zero attached hydrogens (tertiary/aromatic N) is 6. The zero-order valence-electron chi connectivity index (χ0n) is 13.9. The van der Waals surface area contributed by atoms with Crippen molar-refractivity contribution >= 4 is 34.4 Å². The molecule has 3 aromatic rings. The lowest BCUT2D eigenvalue weighted by atomic mass is 10.1.